The predicted molar refractivity (Wildman–Crippen MR) is 84.5 cm³/mol. The molecule has 6 heteroatoms. The molecular weight excluding hydrogens is 282 g/mol. The van der Waals surface area contributed by atoms with Gasteiger partial charge >= 0.3 is 0 Å². The molecule has 2 aromatic rings. The summed E-state index contributed by atoms with van der Waals surface area (Å²) in [5.41, 5.74) is 1.17. The van der Waals surface area contributed by atoms with E-state index >= 15 is 0 Å². The molecule has 1 atom stereocenters. The van der Waals surface area contributed by atoms with Gasteiger partial charge < -0.3 is 4.57 Å². The number of hydrogen-bond donors (Lipinski definition) is 0. The molecule has 114 valence electrons. The number of imidazole rings is 1. The quantitative estimate of drug-likeness (QED) is 0.871. The third-order valence-electron chi connectivity index (χ3n) is 4.23. The molecule has 21 heavy (non-hydrogen) atoms. The lowest BCUT2D eigenvalue weighted by Crippen LogP contribution is -2.34. The zero-order valence-corrected chi connectivity index (χ0v) is 13.8. The molecule has 0 saturated carbocycles. The average Bonchev–Trinajstić information content (AvgIpc) is 3.08. The molecule has 0 aliphatic carbocycles. The fraction of sp³-hybridized carbons (Fsp3) is 0.667. The summed E-state index contributed by atoms with van der Waals surface area (Å²) in [6, 6.07) is 0. The van der Waals surface area contributed by atoms with E-state index in [-0.39, 0.29) is 0 Å². The Bertz CT molecular complexity index is 588. The molecule has 1 aliphatic heterocycles. The molecule has 5 nitrogen and oxygen atoms in total. The summed E-state index contributed by atoms with van der Waals surface area (Å²) in [5.74, 6) is 2.21. The van der Waals surface area contributed by atoms with Gasteiger partial charge in [0.1, 0.15) is 5.82 Å². The molecule has 0 radical (unpaired) electrons. The minimum atomic E-state index is 0.453. The molecule has 2 aromatic heterocycles. The van der Waals surface area contributed by atoms with Crippen LogP contribution >= 0.6 is 11.5 Å². The van der Waals surface area contributed by atoms with Crippen LogP contribution in [-0.4, -0.2) is 37.1 Å². The van der Waals surface area contributed by atoms with Gasteiger partial charge in [-0.05, 0) is 36.8 Å². The van der Waals surface area contributed by atoms with Crippen molar-refractivity contribution in [2.75, 3.05) is 13.1 Å². The van der Waals surface area contributed by atoms with E-state index in [0.29, 0.717) is 11.8 Å². The Balaban J connectivity index is 1.69. The summed E-state index contributed by atoms with van der Waals surface area (Å²) in [7, 11) is 2.09. The molecule has 0 bridgehead atoms. The van der Waals surface area contributed by atoms with Crippen LogP contribution in [0.4, 0.5) is 0 Å². The topological polar surface area (TPSA) is 46.8 Å². The Kier molecular flexibility index (Phi) is 4.35. The second-order valence-corrected chi connectivity index (χ2v) is 7.05. The Hall–Kier alpha value is -1.27. The van der Waals surface area contributed by atoms with E-state index in [9.17, 15) is 0 Å². The smallest absolute Gasteiger partial charge is 0.112 e. The van der Waals surface area contributed by atoms with Crippen molar-refractivity contribution in [1.82, 2.24) is 24.0 Å². The molecule has 0 amide bonds. The zero-order valence-electron chi connectivity index (χ0n) is 13.0. The summed E-state index contributed by atoms with van der Waals surface area (Å²) in [4.78, 5) is 8.39. The molecule has 3 rings (SSSR count). The van der Waals surface area contributed by atoms with Crippen LogP contribution in [0.5, 0.6) is 0 Å². The van der Waals surface area contributed by atoms with Crippen molar-refractivity contribution < 1.29 is 0 Å². The van der Waals surface area contributed by atoms with Crippen molar-refractivity contribution in [1.29, 1.82) is 0 Å². The van der Waals surface area contributed by atoms with Gasteiger partial charge in [-0.1, -0.05) is 18.3 Å². The van der Waals surface area contributed by atoms with Crippen LogP contribution in [0, 0.1) is 0 Å². The maximum absolute atomic E-state index is 4.53. The molecular formula is C15H23N5S. The third kappa shape index (κ3) is 3.16. The monoisotopic (exact) mass is 305 g/mol. The number of nitrogens with zero attached hydrogens (tertiary/aromatic N) is 5. The van der Waals surface area contributed by atoms with Gasteiger partial charge in [-0.3, -0.25) is 4.90 Å². The lowest BCUT2D eigenvalue weighted by Gasteiger charge is -2.32. The van der Waals surface area contributed by atoms with Crippen LogP contribution in [0.3, 0.4) is 0 Å². The number of piperidine rings is 1. The van der Waals surface area contributed by atoms with Crippen LogP contribution in [0.25, 0.3) is 0 Å². The normalized spacial score (nSPS) is 20.3. The van der Waals surface area contributed by atoms with Crippen molar-refractivity contribution >= 4 is 11.5 Å². The molecule has 0 spiro atoms. The largest absolute Gasteiger partial charge is 0.338 e. The summed E-state index contributed by atoms with van der Waals surface area (Å²) >= 11 is 1.55. The van der Waals surface area contributed by atoms with Crippen molar-refractivity contribution in [3.8, 4) is 0 Å². The molecule has 0 N–H and O–H groups in total. The highest BCUT2D eigenvalue weighted by Crippen LogP contribution is 2.28. The van der Waals surface area contributed by atoms with Crippen LogP contribution < -0.4 is 0 Å². The first-order chi connectivity index (χ1) is 10.1. The van der Waals surface area contributed by atoms with Crippen LogP contribution in [0.2, 0.25) is 0 Å². The maximum Gasteiger partial charge on any atom is 0.112 e. The van der Waals surface area contributed by atoms with Crippen LogP contribution in [0.1, 0.15) is 54.9 Å². The van der Waals surface area contributed by atoms with Crippen LogP contribution in [-0.2, 0) is 13.6 Å². The van der Waals surface area contributed by atoms with E-state index in [1.165, 1.54) is 29.2 Å². The number of hydrogen-bond acceptors (Lipinski definition) is 5. The number of aryl methyl sites for hydroxylation is 1. The third-order valence-corrected chi connectivity index (χ3v) is 4.95. The van der Waals surface area contributed by atoms with Gasteiger partial charge in [0.2, 0.25) is 0 Å². The van der Waals surface area contributed by atoms with E-state index in [1.54, 1.807) is 11.5 Å². The van der Waals surface area contributed by atoms with E-state index < -0.39 is 0 Å². The van der Waals surface area contributed by atoms with E-state index in [2.05, 4.69) is 44.9 Å². The van der Waals surface area contributed by atoms with Crippen molar-refractivity contribution in [3.63, 3.8) is 0 Å². The number of likely N-dealkylation sites (tertiary alicyclic amines) is 1. The minimum Gasteiger partial charge on any atom is -0.338 e. The highest BCUT2D eigenvalue weighted by molar-refractivity contribution is 7.05. The Morgan fingerprint density at radius 2 is 2.29 bits per heavy atom. The van der Waals surface area contributed by atoms with Gasteiger partial charge in [-0.25, -0.2) is 4.98 Å². The first kappa shape index (κ1) is 14.7. The van der Waals surface area contributed by atoms with Crippen molar-refractivity contribution in [2.24, 2.45) is 7.05 Å². The molecule has 1 aliphatic rings. The minimum absolute atomic E-state index is 0.453. The molecule has 3 heterocycles. The second kappa shape index (κ2) is 6.23. The summed E-state index contributed by atoms with van der Waals surface area (Å²) < 4.78 is 6.30. The molecule has 1 unspecified atom stereocenters. The second-order valence-electron chi connectivity index (χ2n) is 6.21. The van der Waals surface area contributed by atoms with Gasteiger partial charge in [0.15, 0.2) is 0 Å². The Morgan fingerprint density at radius 1 is 1.43 bits per heavy atom. The molecule has 1 fully saturated rings. The first-order valence-electron chi connectivity index (χ1n) is 7.66. The van der Waals surface area contributed by atoms with Gasteiger partial charge in [0, 0.05) is 38.4 Å². The van der Waals surface area contributed by atoms with E-state index in [0.717, 1.165) is 19.6 Å². The molecule has 1 saturated heterocycles. The Labute approximate surface area is 130 Å². The summed E-state index contributed by atoms with van der Waals surface area (Å²) in [6.45, 7) is 7.60. The fourth-order valence-electron chi connectivity index (χ4n) is 3.15. The average molecular weight is 305 g/mol. The number of aromatic nitrogens is 4. The van der Waals surface area contributed by atoms with Gasteiger partial charge in [0.25, 0.3) is 0 Å². The van der Waals surface area contributed by atoms with Gasteiger partial charge in [-0.15, -0.1) is 5.10 Å². The van der Waals surface area contributed by atoms with E-state index in [1.807, 2.05) is 12.4 Å². The van der Waals surface area contributed by atoms with Crippen molar-refractivity contribution in [3.05, 3.63) is 28.8 Å². The maximum atomic E-state index is 4.53. The lowest BCUT2D eigenvalue weighted by atomic mass is 9.97. The Morgan fingerprint density at radius 3 is 3.00 bits per heavy atom. The first-order valence-corrected chi connectivity index (χ1v) is 8.43. The predicted octanol–water partition coefficient (Wildman–Crippen LogP) is 2.77. The standard InChI is InChI=1S/C15H23N5S/c1-11(2)14-13(21-18-17-14)10-20-7-4-5-12(9-20)15-16-6-8-19(15)3/h6,8,11-12H,4-5,7,9-10H2,1-3H3. The van der Waals surface area contributed by atoms with Gasteiger partial charge in [0.05, 0.1) is 10.6 Å². The summed E-state index contributed by atoms with van der Waals surface area (Å²) in [6.07, 6.45) is 6.41. The lowest BCUT2D eigenvalue weighted by molar-refractivity contribution is 0.196. The molecule has 0 aromatic carbocycles. The fourth-order valence-corrected chi connectivity index (χ4v) is 3.98. The van der Waals surface area contributed by atoms with Crippen LogP contribution in [0.15, 0.2) is 12.4 Å². The van der Waals surface area contributed by atoms with Crippen molar-refractivity contribution in [2.45, 2.75) is 45.1 Å². The highest BCUT2D eigenvalue weighted by Gasteiger charge is 2.25. The van der Waals surface area contributed by atoms with Gasteiger partial charge in [-0.2, -0.15) is 0 Å². The highest BCUT2D eigenvalue weighted by atomic mass is 32.1. The zero-order chi connectivity index (χ0) is 14.8. The van der Waals surface area contributed by atoms with E-state index in [4.69, 9.17) is 0 Å². The SMILES string of the molecule is CC(C)c1nnsc1CN1CCCC(c2nccn2C)C1. The summed E-state index contributed by atoms with van der Waals surface area (Å²) in [5, 5.41) is 4.29. The number of rotatable bonds is 4.